The maximum absolute atomic E-state index is 14.1. The maximum Gasteiger partial charge on any atom is 0.227 e. The average Bonchev–Trinajstić information content (AvgIpc) is 2.90. The second-order valence-electron chi connectivity index (χ2n) is 10.9. The number of benzene rings is 2. The zero-order valence-electron chi connectivity index (χ0n) is 24.3. The second kappa shape index (κ2) is 16.4. The fraction of sp³-hybridized carbons (Fsp3) is 0.581. The number of aliphatic hydroxyl groups excluding tert-OH is 1. The molecule has 2 aromatic carbocycles. The highest BCUT2D eigenvalue weighted by atomic mass is 19.1. The van der Waals surface area contributed by atoms with Crippen LogP contribution in [0.3, 0.4) is 0 Å². The third-order valence-corrected chi connectivity index (χ3v) is 7.26. The van der Waals surface area contributed by atoms with Crippen molar-refractivity contribution in [1.82, 2.24) is 0 Å². The van der Waals surface area contributed by atoms with E-state index in [9.17, 15) is 14.3 Å². The van der Waals surface area contributed by atoms with Crippen LogP contribution in [0.15, 0.2) is 42.5 Å². The van der Waals surface area contributed by atoms with Crippen LogP contribution in [-0.4, -0.2) is 50.6 Å². The zero-order chi connectivity index (χ0) is 28.9. The smallest absolute Gasteiger partial charge is 0.227 e. The molecular weight excluding hydrogens is 499 g/mol. The highest BCUT2D eigenvalue weighted by molar-refractivity contribution is 5.92. The number of hydrogen-bond donors (Lipinski definition) is 3. The fourth-order valence-electron chi connectivity index (χ4n) is 4.65. The molecule has 0 heterocycles. The number of hydrogen-bond acceptors (Lipinski definition) is 6. The van der Waals surface area contributed by atoms with Gasteiger partial charge in [-0.1, -0.05) is 45.9 Å². The van der Waals surface area contributed by atoms with E-state index in [4.69, 9.17) is 19.9 Å². The Balaban J connectivity index is 2.05. The molecule has 0 aliphatic rings. The van der Waals surface area contributed by atoms with Gasteiger partial charge < -0.3 is 30.4 Å². The molecule has 0 unspecified atom stereocenters. The van der Waals surface area contributed by atoms with Gasteiger partial charge in [0.2, 0.25) is 5.91 Å². The number of ether oxygens (including phenoxy) is 3. The van der Waals surface area contributed by atoms with Gasteiger partial charge in [-0.05, 0) is 66.8 Å². The van der Waals surface area contributed by atoms with Crippen LogP contribution in [0.1, 0.15) is 52.5 Å². The average molecular weight is 547 g/mol. The molecule has 0 fully saturated rings. The lowest BCUT2D eigenvalue weighted by Crippen LogP contribution is -2.41. The third-order valence-electron chi connectivity index (χ3n) is 7.26. The van der Waals surface area contributed by atoms with E-state index >= 15 is 0 Å². The summed E-state index contributed by atoms with van der Waals surface area (Å²) in [5, 5.41) is 13.7. The standard InChI is InChI=1S/C31H47FN2O5/c1-20(2)23(16-22-12-13-29(38-6)30(17-22)39-15-9-14-37-5)18-26(33)28(35)19-24(21(3)4)31(36)34-27-11-8-7-10-25(27)32/h7-8,10-13,17,20-21,23-24,26,28,35H,9,14-16,18-19,33H2,1-6H3,(H,34,36)/t23-,24-,26-,28-/m0/s1. The zero-order valence-corrected chi connectivity index (χ0v) is 24.3. The van der Waals surface area contributed by atoms with Crippen molar-refractivity contribution in [3.8, 4) is 11.5 Å². The Morgan fingerprint density at radius 2 is 1.72 bits per heavy atom. The minimum Gasteiger partial charge on any atom is -0.493 e. The molecule has 0 bridgehead atoms. The molecule has 8 heteroatoms. The van der Waals surface area contributed by atoms with Crippen molar-refractivity contribution in [3.63, 3.8) is 0 Å². The summed E-state index contributed by atoms with van der Waals surface area (Å²) in [5.41, 5.74) is 7.74. The summed E-state index contributed by atoms with van der Waals surface area (Å²) in [6.45, 7) is 9.28. The topological polar surface area (TPSA) is 103 Å². The molecule has 39 heavy (non-hydrogen) atoms. The van der Waals surface area contributed by atoms with E-state index in [1.807, 2.05) is 32.0 Å². The molecule has 0 saturated heterocycles. The van der Waals surface area contributed by atoms with Crippen molar-refractivity contribution in [2.45, 2.75) is 65.5 Å². The van der Waals surface area contributed by atoms with Gasteiger partial charge in [-0.2, -0.15) is 0 Å². The summed E-state index contributed by atoms with van der Waals surface area (Å²) >= 11 is 0. The van der Waals surface area contributed by atoms with E-state index in [-0.39, 0.29) is 29.9 Å². The second-order valence-corrected chi connectivity index (χ2v) is 10.9. The quantitative estimate of drug-likeness (QED) is 0.228. The van der Waals surface area contributed by atoms with Gasteiger partial charge in [0.25, 0.3) is 0 Å². The number of aliphatic hydroxyl groups is 1. The number of rotatable bonds is 17. The minimum absolute atomic E-state index is 0.0545. The number of para-hydroxylation sites is 1. The van der Waals surface area contributed by atoms with Crippen LogP contribution in [0.5, 0.6) is 11.5 Å². The van der Waals surface area contributed by atoms with Gasteiger partial charge in [-0.25, -0.2) is 4.39 Å². The number of nitrogens with one attached hydrogen (secondary N) is 1. The predicted molar refractivity (Wildman–Crippen MR) is 154 cm³/mol. The molecule has 218 valence electrons. The largest absolute Gasteiger partial charge is 0.493 e. The Kier molecular flexibility index (Phi) is 13.7. The van der Waals surface area contributed by atoms with Crippen molar-refractivity contribution in [1.29, 1.82) is 0 Å². The van der Waals surface area contributed by atoms with Crippen molar-refractivity contribution >= 4 is 11.6 Å². The van der Waals surface area contributed by atoms with E-state index in [1.54, 1.807) is 26.4 Å². The van der Waals surface area contributed by atoms with Crippen LogP contribution in [0, 0.1) is 29.5 Å². The van der Waals surface area contributed by atoms with Crippen molar-refractivity contribution in [2.75, 3.05) is 32.8 Å². The van der Waals surface area contributed by atoms with Crippen LogP contribution in [0.25, 0.3) is 0 Å². The Morgan fingerprint density at radius 3 is 2.33 bits per heavy atom. The SMILES string of the molecule is COCCCOc1cc(C[C@@H](C[C@H](N)[C@@H](O)C[C@H](C(=O)Nc2ccccc2F)C(C)C)C(C)C)ccc1OC. The monoisotopic (exact) mass is 546 g/mol. The first-order valence-corrected chi connectivity index (χ1v) is 13.8. The molecule has 0 saturated carbocycles. The summed E-state index contributed by atoms with van der Waals surface area (Å²) in [6, 6.07) is 11.5. The van der Waals surface area contributed by atoms with Crippen molar-refractivity contribution in [2.24, 2.45) is 29.4 Å². The van der Waals surface area contributed by atoms with Crippen LogP contribution in [-0.2, 0) is 16.0 Å². The van der Waals surface area contributed by atoms with Gasteiger partial charge in [0.1, 0.15) is 5.82 Å². The molecule has 7 nitrogen and oxygen atoms in total. The summed E-state index contributed by atoms with van der Waals surface area (Å²) in [5.74, 6) is 0.515. The molecule has 0 spiro atoms. The van der Waals surface area contributed by atoms with Gasteiger partial charge >= 0.3 is 0 Å². The van der Waals surface area contributed by atoms with E-state index < -0.39 is 23.9 Å². The molecule has 0 aliphatic heterocycles. The number of halogens is 1. The predicted octanol–water partition coefficient (Wildman–Crippen LogP) is 5.44. The molecular formula is C31H47FN2O5. The van der Waals surface area contributed by atoms with E-state index in [1.165, 1.54) is 12.1 Å². The van der Waals surface area contributed by atoms with E-state index in [0.717, 1.165) is 18.4 Å². The first-order chi connectivity index (χ1) is 18.6. The first kappa shape index (κ1) is 32.5. The normalized spacial score (nSPS) is 14.6. The van der Waals surface area contributed by atoms with Crippen molar-refractivity contribution < 1.29 is 28.5 Å². The van der Waals surface area contributed by atoms with Gasteiger partial charge in [0, 0.05) is 32.1 Å². The number of anilines is 1. The van der Waals surface area contributed by atoms with Crippen molar-refractivity contribution in [3.05, 3.63) is 53.8 Å². The maximum atomic E-state index is 14.1. The molecule has 0 radical (unpaired) electrons. The molecule has 2 aromatic rings. The number of nitrogens with two attached hydrogens (primary N) is 1. The lowest BCUT2D eigenvalue weighted by molar-refractivity contribution is -0.122. The van der Waals surface area contributed by atoms with E-state index in [2.05, 4.69) is 19.2 Å². The molecule has 4 atom stereocenters. The summed E-state index contributed by atoms with van der Waals surface area (Å²) in [4.78, 5) is 13.0. The molecule has 0 aliphatic carbocycles. The number of carbonyl (C=O) groups excluding carboxylic acids is 1. The van der Waals surface area contributed by atoms with Crippen LogP contribution >= 0.6 is 0 Å². The Labute approximate surface area is 233 Å². The summed E-state index contributed by atoms with van der Waals surface area (Å²) in [7, 11) is 3.29. The summed E-state index contributed by atoms with van der Waals surface area (Å²) in [6.07, 6.45) is 1.46. The Bertz CT molecular complexity index is 1020. The summed E-state index contributed by atoms with van der Waals surface area (Å²) < 4.78 is 30.6. The van der Waals surface area contributed by atoms with Gasteiger partial charge in [0.05, 0.1) is 25.5 Å². The van der Waals surface area contributed by atoms with Crippen LogP contribution < -0.4 is 20.5 Å². The highest BCUT2D eigenvalue weighted by Gasteiger charge is 2.30. The number of carbonyl (C=O) groups is 1. The fourth-order valence-corrected chi connectivity index (χ4v) is 4.65. The lowest BCUT2D eigenvalue weighted by Gasteiger charge is -2.30. The minimum atomic E-state index is -0.874. The molecule has 0 aromatic heterocycles. The van der Waals surface area contributed by atoms with Gasteiger partial charge in [-0.15, -0.1) is 0 Å². The third kappa shape index (κ3) is 10.4. The van der Waals surface area contributed by atoms with Crippen LogP contribution in [0.4, 0.5) is 10.1 Å². The van der Waals surface area contributed by atoms with E-state index in [0.29, 0.717) is 37.1 Å². The molecule has 2 rings (SSSR count). The Morgan fingerprint density at radius 1 is 1.00 bits per heavy atom. The molecule has 4 N–H and O–H groups in total. The Hall–Kier alpha value is -2.68. The number of methoxy groups -OCH3 is 2. The van der Waals surface area contributed by atoms with Gasteiger partial charge in [0.15, 0.2) is 11.5 Å². The van der Waals surface area contributed by atoms with Gasteiger partial charge in [-0.3, -0.25) is 4.79 Å². The first-order valence-electron chi connectivity index (χ1n) is 13.8. The van der Waals surface area contributed by atoms with Crippen LogP contribution in [0.2, 0.25) is 0 Å². The lowest BCUT2D eigenvalue weighted by atomic mass is 9.81. The molecule has 1 amide bonds. The number of amides is 1. The highest BCUT2D eigenvalue weighted by Crippen LogP contribution is 2.32.